The van der Waals surface area contributed by atoms with Gasteiger partial charge in [0, 0.05) is 12.7 Å². The highest BCUT2D eigenvalue weighted by molar-refractivity contribution is 5.98. The SMILES string of the molecule is O=C(c1cccc2c1OC(F)(F)O2)N1CCOC(COn2nnc3cccnc32)C1. The fourth-order valence-corrected chi connectivity index (χ4v) is 3.30. The maximum atomic E-state index is 13.4. The molecule has 0 saturated carbocycles. The van der Waals surface area contributed by atoms with Gasteiger partial charge in [-0.3, -0.25) is 4.79 Å². The number of nitrogens with zero attached hydrogens (tertiary/aromatic N) is 5. The van der Waals surface area contributed by atoms with Crippen molar-refractivity contribution in [3.8, 4) is 11.5 Å². The first-order valence-electron chi connectivity index (χ1n) is 9.10. The van der Waals surface area contributed by atoms with E-state index in [0.29, 0.717) is 17.7 Å². The van der Waals surface area contributed by atoms with Gasteiger partial charge in [0.25, 0.3) is 5.91 Å². The summed E-state index contributed by atoms with van der Waals surface area (Å²) in [5.41, 5.74) is 1.03. The van der Waals surface area contributed by atoms with Gasteiger partial charge < -0.3 is 23.9 Å². The molecule has 1 amide bonds. The summed E-state index contributed by atoms with van der Waals surface area (Å²) in [7, 11) is 0. The number of aromatic nitrogens is 4. The van der Waals surface area contributed by atoms with Gasteiger partial charge in [-0.15, -0.1) is 13.9 Å². The van der Waals surface area contributed by atoms with Crippen LogP contribution in [0.25, 0.3) is 11.2 Å². The van der Waals surface area contributed by atoms with E-state index in [1.165, 1.54) is 27.9 Å². The molecule has 12 heteroatoms. The number of ether oxygens (including phenoxy) is 3. The van der Waals surface area contributed by atoms with Crippen molar-refractivity contribution >= 4 is 17.1 Å². The summed E-state index contributed by atoms with van der Waals surface area (Å²) in [6.07, 6.45) is -2.66. The highest BCUT2D eigenvalue weighted by Crippen LogP contribution is 2.43. The van der Waals surface area contributed by atoms with Crippen LogP contribution in [0.5, 0.6) is 11.5 Å². The molecule has 5 rings (SSSR count). The van der Waals surface area contributed by atoms with Crippen molar-refractivity contribution < 1.29 is 32.6 Å². The average Bonchev–Trinajstić information content (AvgIpc) is 3.30. The number of alkyl halides is 2. The van der Waals surface area contributed by atoms with Crippen LogP contribution in [0.3, 0.4) is 0 Å². The molecule has 2 aliphatic rings. The molecule has 10 nitrogen and oxygen atoms in total. The first-order chi connectivity index (χ1) is 14.5. The minimum atomic E-state index is -3.80. The van der Waals surface area contributed by atoms with Gasteiger partial charge in [0.1, 0.15) is 18.2 Å². The summed E-state index contributed by atoms with van der Waals surface area (Å²) in [4.78, 5) is 25.4. The molecule has 0 spiro atoms. The maximum absolute atomic E-state index is 13.4. The summed E-state index contributed by atoms with van der Waals surface area (Å²) in [5, 5.41) is 7.82. The normalized spacial score (nSPS) is 19.8. The third kappa shape index (κ3) is 3.34. The second kappa shape index (κ2) is 7.06. The van der Waals surface area contributed by atoms with Gasteiger partial charge in [0.2, 0.25) is 5.65 Å². The Kier molecular flexibility index (Phi) is 4.35. The standard InChI is InChI=1S/C18H15F2N5O5/c19-18(20)29-14-5-1-3-12(15(14)30-18)17(26)24-7-8-27-11(9-24)10-28-25-16-13(22-23-25)4-2-6-21-16/h1-6,11H,7-10H2. The Labute approximate surface area is 167 Å². The molecular formula is C18H15F2N5O5. The van der Waals surface area contributed by atoms with E-state index in [2.05, 4.69) is 24.8 Å². The van der Waals surface area contributed by atoms with Crippen molar-refractivity contribution in [3.05, 3.63) is 42.1 Å². The molecular weight excluding hydrogens is 404 g/mol. The van der Waals surface area contributed by atoms with Crippen molar-refractivity contribution in [2.24, 2.45) is 0 Å². The molecule has 4 heterocycles. The van der Waals surface area contributed by atoms with Crippen LogP contribution in [0, 0.1) is 0 Å². The minimum absolute atomic E-state index is 0.00212. The Hall–Kier alpha value is -3.54. The van der Waals surface area contributed by atoms with E-state index in [-0.39, 0.29) is 36.8 Å². The first kappa shape index (κ1) is 18.5. The zero-order chi connectivity index (χ0) is 20.7. The van der Waals surface area contributed by atoms with Gasteiger partial charge in [0.15, 0.2) is 11.5 Å². The van der Waals surface area contributed by atoms with Gasteiger partial charge in [-0.2, -0.15) is 0 Å². The number of carbonyl (C=O) groups excluding carboxylic acids is 1. The topological polar surface area (TPSA) is 101 Å². The lowest BCUT2D eigenvalue weighted by Gasteiger charge is -2.32. The third-order valence-corrected chi connectivity index (χ3v) is 4.65. The molecule has 0 aliphatic carbocycles. The lowest BCUT2D eigenvalue weighted by Crippen LogP contribution is -2.48. The zero-order valence-corrected chi connectivity index (χ0v) is 15.4. The first-order valence-corrected chi connectivity index (χ1v) is 9.10. The maximum Gasteiger partial charge on any atom is 0.586 e. The predicted octanol–water partition coefficient (Wildman–Crippen LogP) is 1.12. The lowest BCUT2D eigenvalue weighted by atomic mass is 10.1. The number of para-hydroxylation sites is 1. The molecule has 156 valence electrons. The number of benzene rings is 1. The molecule has 1 fully saturated rings. The number of hydrogen-bond donors (Lipinski definition) is 0. The quantitative estimate of drug-likeness (QED) is 0.620. The Morgan fingerprint density at radius 2 is 2.17 bits per heavy atom. The zero-order valence-electron chi connectivity index (χ0n) is 15.4. The van der Waals surface area contributed by atoms with Crippen LogP contribution in [0.2, 0.25) is 0 Å². The summed E-state index contributed by atoms with van der Waals surface area (Å²) in [6, 6.07) is 7.68. The van der Waals surface area contributed by atoms with Crippen LogP contribution in [-0.4, -0.2) is 69.7 Å². The van der Waals surface area contributed by atoms with Gasteiger partial charge in [-0.25, -0.2) is 4.98 Å². The predicted molar refractivity (Wildman–Crippen MR) is 95.1 cm³/mol. The molecule has 0 radical (unpaired) electrons. The number of halogens is 2. The van der Waals surface area contributed by atoms with Crippen molar-refractivity contribution in [3.63, 3.8) is 0 Å². The van der Waals surface area contributed by atoms with Crippen molar-refractivity contribution in [2.45, 2.75) is 12.4 Å². The van der Waals surface area contributed by atoms with Crippen LogP contribution in [-0.2, 0) is 4.74 Å². The van der Waals surface area contributed by atoms with Gasteiger partial charge in [-0.1, -0.05) is 10.9 Å². The molecule has 0 bridgehead atoms. The van der Waals surface area contributed by atoms with E-state index in [4.69, 9.17) is 9.57 Å². The van der Waals surface area contributed by atoms with E-state index >= 15 is 0 Å². The fraction of sp³-hybridized carbons (Fsp3) is 0.333. The Balaban J connectivity index is 1.27. The summed E-state index contributed by atoms with van der Waals surface area (Å²) < 4.78 is 41.4. The summed E-state index contributed by atoms with van der Waals surface area (Å²) in [5.74, 6) is -0.911. The van der Waals surface area contributed by atoms with Crippen LogP contribution in [0.4, 0.5) is 8.78 Å². The van der Waals surface area contributed by atoms with Crippen LogP contribution >= 0.6 is 0 Å². The molecule has 2 aliphatic heterocycles. The second-order valence-electron chi connectivity index (χ2n) is 6.65. The Bertz CT molecular complexity index is 1110. The van der Waals surface area contributed by atoms with Gasteiger partial charge >= 0.3 is 6.29 Å². The molecule has 1 unspecified atom stereocenters. The van der Waals surface area contributed by atoms with Crippen LogP contribution in [0.15, 0.2) is 36.5 Å². The molecule has 3 aromatic rings. The molecule has 0 N–H and O–H groups in total. The largest absolute Gasteiger partial charge is 0.586 e. The molecule has 1 aromatic carbocycles. The van der Waals surface area contributed by atoms with Gasteiger partial charge in [-0.05, 0) is 29.5 Å². The molecule has 1 saturated heterocycles. The van der Waals surface area contributed by atoms with E-state index < -0.39 is 18.3 Å². The average molecular weight is 419 g/mol. The number of carbonyl (C=O) groups is 1. The smallest absolute Gasteiger partial charge is 0.395 e. The third-order valence-electron chi connectivity index (χ3n) is 4.65. The molecule has 30 heavy (non-hydrogen) atoms. The number of hydrogen-bond acceptors (Lipinski definition) is 8. The summed E-state index contributed by atoms with van der Waals surface area (Å²) >= 11 is 0. The summed E-state index contributed by atoms with van der Waals surface area (Å²) in [6.45, 7) is 0.839. The van der Waals surface area contributed by atoms with E-state index in [1.54, 1.807) is 18.3 Å². The number of pyridine rings is 1. The number of rotatable bonds is 4. The monoisotopic (exact) mass is 419 g/mol. The number of amides is 1. The second-order valence-corrected chi connectivity index (χ2v) is 6.65. The Morgan fingerprint density at radius 1 is 1.27 bits per heavy atom. The van der Waals surface area contributed by atoms with E-state index in [1.807, 2.05) is 0 Å². The highest BCUT2D eigenvalue weighted by atomic mass is 19.3. The number of morpholine rings is 1. The molecule has 1 atom stereocenters. The van der Waals surface area contributed by atoms with Gasteiger partial charge in [0.05, 0.1) is 18.7 Å². The van der Waals surface area contributed by atoms with E-state index in [9.17, 15) is 13.6 Å². The van der Waals surface area contributed by atoms with E-state index in [0.717, 1.165) is 0 Å². The molecule has 2 aromatic heterocycles. The fourth-order valence-electron chi connectivity index (χ4n) is 3.30. The Morgan fingerprint density at radius 3 is 3.07 bits per heavy atom. The number of fused-ring (bicyclic) bond motifs is 2. The van der Waals surface area contributed by atoms with Crippen molar-refractivity contribution in [2.75, 3.05) is 26.3 Å². The lowest BCUT2D eigenvalue weighted by molar-refractivity contribution is -0.286. The van der Waals surface area contributed by atoms with Crippen molar-refractivity contribution in [1.29, 1.82) is 0 Å². The minimum Gasteiger partial charge on any atom is -0.395 e. The van der Waals surface area contributed by atoms with Crippen LogP contribution in [0.1, 0.15) is 10.4 Å². The van der Waals surface area contributed by atoms with Crippen molar-refractivity contribution in [1.82, 2.24) is 25.0 Å². The van der Waals surface area contributed by atoms with Crippen LogP contribution < -0.4 is 14.3 Å². The highest BCUT2D eigenvalue weighted by Gasteiger charge is 2.45.